The van der Waals surface area contributed by atoms with Crippen LogP contribution < -0.4 is 9.30 Å². The fraction of sp³-hybridized carbons (Fsp3) is 0.357. The number of aromatic nitrogens is 2. The largest absolute Gasteiger partial charge is 0.375 e. The van der Waals surface area contributed by atoms with Gasteiger partial charge in [0.1, 0.15) is 7.05 Å². The molecule has 2 aromatic heterocycles. The predicted octanol–water partition coefficient (Wildman–Crippen LogP) is 5.91. The lowest BCUT2D eigenvalue weighted by Gasteiger charge is -2.38. The summed E-state index contributed by atoms with van der Waals surface area (Å²) in [7, 11) is 2.04. The summed E-state index contributed by atoms with van der Waals surface area (Å²) in [4.78, 5) is 2.44. The third kappa shape index (κ3) is 5.16. The van der Waals surface area contributed by atoms with Gasteiger partial charge in [-0.15, -0.1) is 0 Å². The summed E-state index contributed by atoms with van der Waals surface area (Å²) in [5.41, 5.74) is 7.20. The van der Waals surface area contributed by atoms with Crippen LogP contribution in [0, 0.1) is 5.92 Å². The van der Waals surface area contributed by atoms with E-state index in [2.05, 4.69) is 84.6 Å². The van der Waals surface area contributed by atoms with Gasteiger partial charge < -0.3 is 4.90 Å². The van der Waals surface area contributed by atoms with Crippen molar-refractivity contribution in [2.75, 3.05) is 13.1 Å². The molecule has 5 rings (SSSR count). The van der Waals surface area contributed by atoms with Crippen molar-refractivity contribution in [2.24, 2.45) is 13.0 Å². The third-order valence-corrected chi connectivity index (χ3v) is 8.80. The molecule has 1 saturated heterocycles. The van der Waals surface area contributed by atoms with Crippen LogP contribution >= 0.6 is 43.5 Å². The molecule has 1 aliphatic heterocycles. The normalized spacial score (nSPS) is 18.1. The van der Waals surface area contributed by atoms with E-state index in [-0.39, 0.29) is 5.92 Å². The quantitative estimate of drug-likeness (QED) is 0.291. The number of halogens is 3. The average molecular weight is 620 g/mol. The van der Waals surface area contributed by atoms with Crippen LogP contribution in [0.25, 0.3) is 0 Å². The SMILES string of the molecule is C=C(Cc1cc[n+](C)cc1)N1CCC(C2c3c(Br)cc(Cl)cc3CCc3cc(Br)c[n+](O)c32)CC1. The Hall–Kier alpha value is -1.89. The van der Waals surface area contributed by atoms with Crippen LogP contribution in [-0.4, -0.2) is 23.2 Å². The van der Waals surface area contributed by atoms with Crippen molar-refractivity contribution in [1.29, 1.82) is 0 Å². The van der Waals surface area contributed by atoms with Crippen LogP contribution in [0.5, 0.6) is 0 Å². The molecular formula is C28H30Br2ClN3O+2. The highest BCUT2D eigenvalue weighted by atomic mass is 79.9. The van der Waals surface area contributed by atoms with Gasteiger partial charge in [0.2, 0.25) is 11.9 Å². The number of aryl methyl sites for hydroxylation is 3. The Bertz CT molecular complexity index is 1210. The van der Waals surface area contributed by atoms with Crippen molar-refractivity contribution in [2.45, 2.75) is 38.0 Å². The summed E-state index contributed by atoms with van der Waals surface area (Å²) in [6.07, 6.45) is 10.7. The fourth-order valence-electron chi connectivity index (χ4n) is 5.76. The van der Waals surface area contributed by atoms with Crippen LogP contribution in [0.2, 0.25) is 5.02 Å². The highest BCUT2D eigenvalue weighted by Gasteiger charge is 2.41. The van der Waals surface area contributed by atoms with Gasteiger partial charge in [0.25, 0.3) is 0 Å². The molecule has 2 aliphatic rings. The number of rotatable bonds is 4. The smallest absolute Gasteiger partial charge is 0.245 e. The molecule has 1 aliphatic carbocycles. The molecule has 3 aromatic rings. The Labute approximate surface area is 229 Å². The molecule has 0 bridgehead atoms. The van der Waals surface area contributed by atoms with E-state index in [1.54, 1.807) is 6.20 Å². The van der Waals surface area contributed by atoms with E-state index < -0.39 is 0 Å². The van der Waals surface area contributed by atoms with Gasteiger partial charge in [-0.25, -0.2) is 4.57 Å². The molecule has 4 nitrogen and oxygen atoms in total. The molecular weight excluding hydrogens is 590 g/mol. The second-order valence-corrected chi connectivity index (χ2v) is 12.0. The zero-order chi connectivity index (χ0) is 24.7. The van der Waals surface area contributed by atoms with E-state index in [9.17, 15) is 5.21 Å². The number of fused-ring (bicyclic) bond motifs is 2. The number of benzene rings is 1. The van der Waals surface area contributed by atoms with Gasteiger partial charge in [0.05, 0.1) is 10.4 Å². The first kappa shape index (κ1) is 24.8. The molecule has 0 spiro atoms. The van der Waals surface area contributed by atoms with Gasteiger partial charge >= 0.3 is 0 Å². The standard InChI is InChI=1S/C28H30Br2ClN3O/c1-18(13-19-5-9-32(2)10-6-19)33-11-7-20(8-12-33)27-26-21(15-24(31)16-25(26)30)3-4-22-14-23(29)17-34(35)28(22)27/h5-6,9-10,14-17,20,27,35H,1,3-4,7-8,11-13H2,2H3/q+2. The van der Waals surface area contributed by atoms with Crippen molar-refractivity contribution >= 4 is 43.5 Å². The minimum atomic E-state index is 0.0942. The number of allylic oxidation sites excluding steroid dienone is 1. The fourth-order valence-corrected chi connectivity index (χ4v) is 7.35. The Morgan fingerprint density at radius 2 is 1.80 bits per heavy atom. The van der Waals surface area contributed by atoms with Gasteiger partial charge in [-0.05, 0) is 82.4 Å². The number of pyridine rings is 2. The second-order valence-electron chi connectivity index (χ2n) is 9.79. The number of likely N-dealkylation sites (tertiary alicyclic amines) is 1. The molecule has 35 heavy (non-hydrogen) atoms. The summed E-state index contributed by atoms with van der Waals surface area (Å²) in [5, 5.41) is 11.8. The zero-order valence-electron chi connectivity index (χ0n) is 19.9. The Kier molecular flexibility index (Phi) is 7.25. The van der Waals surface area contributed by atoms with E-state index in [1.165, 1.54) is 32.7 Å². The zero-order valence-corrected chi connectivity index (χ0v) is 23.8. The lowest BCUT2D eigenvalue weighted by atomic mass is 9.76. The van der Waals surface area contributed by atoms with Crippen LogP contribution in [-0.2, 0) is 26.3 Å². The molecule has 182 valence electrons. The van der Waals surface area contributed by atoms with Crippen molar-refractivity contribution < 1.29 is 14.5 Å². The Morgan fingerprint density at radius 1 is 1.11 bits per heavy atom. The van der Waals surface area contributed by atoms with Crippen molar-refractivity contribution in [3.63, 3.8) is 0 Å². The first-order chi connectivity index (χ1) is 16.8. The van der Waals surface area contributed by atoms with E-state index >= 15 is 0 Å². The summed E-state index contributed by atoms with van der Waals surface area (Å²) in [6.45, 7) is 6.36. The molecule has 0 amide bonds. The van der Waals surface area contributed by atoms with Crippen molar-refractivity contribution in [3.8, 4) is 0 Å². The van der Waals surface area contributed by atoms with E-state index in [0.29, 0.717) is 5.92 Å². The van der Waals surface area contributed by atoms with Gasteiger partial charge in [0, 0.05) is 57.1 Å². The van der Waals surface area contributed by atoms with Crippen LogP contribution in [0.3, 0.4) is 0 Å². The first-order valence-electron chi connectivity index (χ1n) is 12.1. The first-order valence-corrected chi connectivity index (χ1v) is 14.0. The van der Waals surface area contributed by atoms with E-state index in [0.717, 1.165) is 64.9 Å². The molecule has 0 radical (unpaired) electrons. The third-order valence-electron chi connectivity index (χ3n) is 7.50. The second kappa shape index (κ2) is 10.2. The average Bonchev–Trinajstić information content (AvgIpc) is 2.98. The van der Waals surface area contributed by atoms with Gasteiger partial charge in [-0.1, -0.05) is 34.1 Å². The number of piperidine rings is 1. The molecule has 1 atom stereocenters. The minimum Gasteiger partial charge on any atom is -0.375 e. The summed E-state index contributed by atoms with van der Waals surface area (Å²) >= 11 is 13.9. The lowest BCUT2D eigenvalue weighted by Crippen LogP contribution is -2.42. The summed E-state index contributed by atoms with van der Waals surface area (Å²) < 4.78 is 5.32. The maximum atomic E-state index is 11.1. The van der Waals surface area contributed by atoms with E-state index in [4.69, 9.17) is 11.6 Å². The molecule has 1 N–H and O–H groups in total. The Balaban J connectivity index is 1.43. The van der Waals surface area contributed by atoms with E-state index in [1.807, 2.05) is 13.1 Å². The van der Waals surface area contributed by atoms with Gasteiger partial charge in [0.15, 0.2) is 12.4 Å². The predicted molar refractivity (Wildman–Crippen MR) is 145 cm³/mol. The van der Waals surface area contributed by atoms with Gasteiger partial charge in [-0.3, -0.25) is 5.21 Å². The minimum absolute atomic E-state index is 0.0942. The van der Waals surface area contributed by atoms with Gasteiger partial charge in [-0.2, -0.15) is 0 Å². The molecule has 0 saturated carbocycles. The summed E-state index contributed by atoms with van der Waals surface area (Å²) in [6, 6.07) is 10.6. The van der Waals surface area contributed by atoms with Crippen LogP contribution in [0.4, 0.5) is 0 Å². The maximum absolute atomic E-state index is 11.1. The molecule has 1 aromatic carbocycles. The van der Waals surface area contributed by atoms with Crippen molar-refractivity contribution in [3.05, 3.63) is 103 Å². The monoisotopic (exact) mass is 617 g/mol. The van der Waals surface area contributed by atoms with Crippen molar-refractivity contribution in [1.82, 2.24) is 4.90 Å². The Morgan fingerprint density at radius 3 is 2.51 bits per heavy atom. The van der Waals surface area contributed by atoms with Crippen LogP contribution in [0.15, 0.2) is 70.1 Å². The number of nitrogens with zero attached hydrogens (tertiary/aromatic N) is 3. The summed E-state index contributed by atoms with van der Waals surface area (Å²) in [5.74, 6) is 0.499. The lowest BCUT2D eigenvalue weighted by molar-refractivity contribution is -0.911. The topological polar surface area (TPSA) is 31.2 Å². The maximum Gasteiger partial charge on any atom is 0.245 e. The number of hydrogen-bond donors (Lipinski definition) is 1. The molecule has 3 heterocycles. The molecule has 1 fully saturated rings. The molecule has 7 heteroatoms. The van der Waals surface area contributed by atoms with Crippen LogP contribution in [0.1, 0.15) is 46.7 Å². The number of hydrogen-bond acceptors (Lipinski definition) is 2. The highest BCUT2D eigenvalue weighted by molar-refractivity contribution is 9.10. The highest BCUT2D eigenvalue weighted by Crippen LogP contribution is 2.46. The molecule has 1 unspecified atom stereocenters.